The first-order valence-electron chi connectivity index (χ1n) is 3.22. The monoisotopic (exact) mass is 206 g/mol. The maximum atomic E-state index is 10.6. The Morgan fingerprint density at radius 1 is 1.70 bits per heavy atom. The number of carbonyl (C=O) groups excluding carboxylic acids is 1. The molecule has 0 rings (SSSR count). The Morgan fingerprint density at radius 2 is 2.40 bits per heavy atom. The van der Waals surface area contributed by atoms with Crippen LogP contribution >= 0.6 is 15.9 Å². The molecule has 0 N–H and O–H groups in total. The van der Waals surface area contributed by atoms with Gasteiger partial charge in [0.05, 0.1) is 0 Å². The molecule has 2 nitrogen and oxygen atoms in total. The number of rotatable bonds is 4. The van der Waals surface area contributed by atoms with Crippen molar-refractivity contribution in [3.05, 3.63) is 11.1 Å². The minimum Gasteiger partial charge on any atom is -0.461 e. The minimum absolute atomic E-state index is 0.131. The lowest BCUT2D eigenvalue weighted by Gasteiger charge is -1.97. The Labute approximate surface area is 69.4 Å². The molecule has 0 aliphatic rings. The van der Waals surface area contributed by atoms with Crippen molar-refractivity contribution in [3.8, 4) is 0 Å². The highest BCUT2D eigenvalue weighted by molar-refractivity contribution is 9.11. The van der Waals surface area contributed by atoms with Crippen LogP contribution in [0.25, 0.3) is 0 Å². The average molecular weight is 207 g/mol. The van der Waals surface area contributed by atoms with Gasteiger partial charge >= 0.3 is 5.97 Å². The molecule has 0 aromatic rings. The molecule has 0 unspecified atom stereocenters. The Bertz CT molecular complexity index is 121. The summed E-state index contributed by atoms with van der Waals surface area (Å²) in [4.78, 5) is 12.3. The van der Waals surface area contributed by atoms with Gasteiger partial charge in [0.15, 0.2) is 0 Å². The normalized spacial score (nSPS) is 10.2. The zero-order valence-corrected chi connectivity index (χ0v) is 7.56. The molecule has 0 aliphatic carbocycles. The van der Waals surface area contributed by atoms with Crippen molar-refractivity contribution in [2.45, 2.75) is 19.8 Å². The van der Waals surface area contributed by atoms with Gasteiger partial charge in [-0.3, -0.25) is 4.79 Å². The molecule has 0 saturated carbocycles. The number of hydrogen-bond donors (Lipinski definition) is 0. The summed E-state index contributed by atoms with van der Waals surface area (Å²) in [5, 5.41) is 0. The minimum atomic E-state index is -0.131. The van der Waals surface area contributed by atoms with Crippen molar-refractivity contribution in [1.82, 2.24) is 0 Å². The van der Waals surface area contributed by atoms with Crippen LogP contribution in [0.15, 0.2) is 11.1 Å². The van der Waals surface area contributed by atoms with E-state index in [9.17, 15) is 4.79 Å². The van der Waals surface area contributed by atoms with Crippen LogP contribution in [0.4, 0.5) is 0 Å². The van der Waals surface area contributed by atoms with E-state index in [1.165, 1.54) is 0 Å². The third kappa shape index (κ3) is 5.82. The SMILES string of the molecule is CCCC(=O)OCC=CBr. The average Bonchev–Trinajstić information content (AvgIpc) is 1.89. The topological polar surface area (TPSA) is 26.3 Å². The van der Waals surface area contributed by atoms with Crippen LogP contribution in [0.1, 0.15) is 19.8 Å². The van der Waals surface area contributed by atoms with E-state index >= 15 is 0 Å². The van der Waals surface area contributed by atoms with Gasteiger partial charge in [-0.25, -0.2) is 0 Å². The first-order chi connectivity index (χ1) is 4.81. The highest BCUT2D eigenvalue weighted by Gasteiger charge is 1.96. The standard InChI is InChI=1S/C7H11BrO2/c1-2-4-7(9)10-6-3-5-8/h3,5H,2,4,6H2,1H3. The van der Waals surface area contributed by atoms with Crippen LogP contribution in [-0.4, -0.2) is 12.6 Å². The summed E-state index contributed by atoms with van der Waals surface area (Å²) in [5.41, 5.74) is 0. The molecule has 0 amide bonds. The lowest BCUT2D eigenvalue weighted by molar-refractivity contribution is -0.142. The maximum Gasteiger partial charge on any atom is 0.306 e. The van der Waals surface area contributed by atoms with Gasteiger partial charge in [-0.2, -0.15) is 0 Å². The van der Waals surface area contributed by atoms with Crippen LogP contribution in [-0.2, 0) is 9.53 Å². The highest BCUT2D eigenvalue weighted by Crippen LogP contribution is 1.91. The second kappa shape index (κ2) is 6.81. The predicted molar refractivity (Wildman–Crippen MR) is 43.9 cm³/mol. The van der Waals surface area contributed by atoms with Crippen LogP contribution in [0.2, 0.25) is 0 Å². The summed E-state index contributed by atoms with van der Waals surface area (Å²) in [6, 6.07) is 0. The molecule has 0 radical (unpaired) electrons. The molecule has 0 atom stereocenters. The quantitative estimate of drug-likeness (QED) is 0.660. The smallest absolute Gasteiger partial charge is 0.306 e. The molecule has 0 saturated heterocycles. The number of carbonyl (C=O) groups is 1. The third-order valence-electron chi connectivity index (χ3n) is 0.884. The maximum absolute atomic E-state index is 10.6. The second-order valence-electron chi connectivity index (χ2n) is 1.79. The number of halogens is 1. The zero-order valence-electron chi connectivity index (χ0n) is 5.97. The lowest BCUT2D eigenvalue weighted by Crippen LogP contribution is -2.02. The summed E-state index contributed by atoms with van der Waals surface area (Å²) < 4.78 is 4.77. The molecule has 0 fully saturated rings. The second-order valence-corrected chi connectivity index (χ2v) is 2.32. The zero-order chi connectivity index (χ0) is 7.82. The summed E-state index contributed by atoms with van der Waals surface area (Å²) >= 11 is 3.07. The largest absolute Gasteiger partial charge is 0.461 e. The molecule has 0 aliphatic heterocycles. The van der Waals surface area contributed by atoms with Gasteiger partial charge in [0.2, 0.25) is 0 Å². The molecule has 0 spiro atoms. The van der Waals surface area contributed by atoms with Crippen LogP contribution in [0, 0.1) is 0 Å². The first-order valence-corrected chi connectivity index (χ1v) is 4.13. The molecule has 3 heteroatoms. The van der Waals surface area contributed by atoms with E-state index in [2.05, 4.69) is 15.9 Å². The van der Waals surface area contributed by atoms with Crippen molar-refractivity contribution in [2.24, 2.45) is 0 Å². The molecule has 0 heterocycles. The van der Waals surface area contributed by atoms with Gasteiger partial charge in [-0.15, -0.1) is 0 Å². The Kier molecular flexibility index (Phi) is 6.59. The Hall–Kier alpha value is -0.310. The van der Waals surface area contributed by atoms with E-state index in [1.807, 2.05) is 6.92 Å². The first kappa shape index (κ1) is 9.69. The van der Waals surface area contributed by atoms with Crippen molar-refractivity contribution in [1.29, 1.82) is 0 Å². The number of esters is 1. The lowest BCUT2D eigenvalue weighted by atomic mass is 10.3. The number of hydrogen-bond acceptors (Lipinski definition) is 2. The summed E-state index contributed by atoms with van der Waals surface area (Å²) in [7, 11) is 0. The van der Waals surface area contributed by atoms with Crippen molar-refractivity contribution in [2.75, 3.05) is 6.61 Å². The van der Waals surface area contributed by atoms with E-state index < -0.39 is 0 Å². The van der Waals surface area contributed by atoms with Gasteiger partial charge in [0.1, 0.15) is 6.61 Å². The van der Waals surface area contributed by atoms with Gasteiger partial charge in [-0.05, 0) is 17.5 Å². The molecule has 0 aromatic heterocycles. The van der Waals surface area contributed by atoms with E-state index in [-0.39, 0.29) is 5.97 Å². The third-order valence-corrected chi connectivity index (χ3v) is 1.26. The fourth-order valence-electron chi connectivity index (χ4n) is 0.454. The van der Waals surface area contributed by atoms with Crippen molar-refractivity contribution >= 4 is 21.9 Å². The van der Waals surface area contributed by atoms with Gasteiger partial charge in [-0.1, -0.05) is 22.9 Å². The van der Waals surface area contributed by atoms with E-state index in [1.54, 1.807) is 11.1 Å². The molecule has 10 heavy (non-hydrogen) atoms. The van der Waals surface area contributed by atoms with Gasteiger partial charge in [0, 0.05) is 6.42 Å². The molecule has 0 bridgehead atoms. The van der Waals surface area contributed by atoms with Gasteiger partial charge in [0.25, 0.3) is 0 Å². The van der Waals surface area contributed by atoms with Crippen molar-refractivity contribution < 1.29 is 9.53 Å². The summed E-state index contributed by atoms with van der Waals surface area (Å²) in [5.74, 6) is -0.131. The van der Waals surface area contributed by atoms with Gasteiger partial charge < -0.3 is 4.74 Å². The molecular formula is C7H11BrO2. The molecule has 58 valence electrons. The molecule has 0 aromatic carbocycles. The van der Waals surface area contributed by atoms with Crippen LogP contribution in [0.5, 0.6) is 0 Å². The van der Waals surface area contributed by atoms with E-state index in [0.29, 0.717) is 13.0 Å². The number of ether oxygens (including phenoxy) is 1. The van der Waals surface area contributed by atoms with E-state index in [0.717, 1.165) is 6.42 Å². The van der Waals surface area contributed by atoms with Crippen molar-refractivity contribution in [3.63, 3.8) is 0 Å². The van der Waals surface area contributed by atoms with Crippen LogP contribution < -0.4 is 0 Å². The predicted octanol–water partition coefficient (Wildman–Crippen LogP) is 2.24. The van der Waals surface area contributed by atoms with E-state index in [4.69, 9.17) is 4.74 Å². The Balaban J connectivity index is 3.21. The fourth-order valence-corrected chi connectivity index (χ4v) is 0.606. The van der Waals surface area contributed by atoms with Crippen LogP contribution in [0.3, 0.4) is 0 Å². The Morgan fingerprint density at radius 3 is 2.90 bits per heavy atom. The fraction of sp³-hybridized carbons (Fsp3) is 0.571. The summed E-state index contributed by atoms with van der Waals surface area (Å²) in [6.45, 7) is 2.31. The molecular weight excluding hydrogens is 196 g/mol. The summed E-state index contributed by atoms with van der Waals surface area (Å²) in [6.07, 6.45) is 3.08. The highest BCUT2D eigenvalue weighted by atomic mass is 79.9.